The van der Waals surface area contributed by atoms with E-state index in [1.165, 1.54) is 12.3 Å². The molecule has 6 heteroatoms. The lowest BCUT2D eigenvalue weighted by Crippen LogP contribution is -2.25. The van der Waals surface area contributed by atoms with Gasteiger partial charge in [-0.2, -0.15) is 0 Å². The van der Waals surface area contributed by atoms with Crippen molar-refractivity contribution in [3.05, 3.63) is 58.0 Å². The molecule has 2 rings (SSSR count). The number of aliphatic hydroxyl groups excluding tert-OH is 1. The van der Waals surface area contributed by atoms with Gasteiger partial charge in [0.2, 0.25) is 0 Å². The van der Waals surface area contributed by atoms with Crippen molar-refractivity contribution in [1.82, 2.24) is 5.32 Å². The number of benzene rings is 1. The molecule has 108 valence electrons. The first kappa shape index (κ1) is 15.2. The van der Waals surface area contributed by atoms with Crippen molar-refractivity contribution < 1.29 is 18.3 Å². The standard InChI is InChI=1S/C14H14BrF2NO2/c1-8(14-9(15)5-6-20-14)18-7-12(19)13-10(16)3-2-4-11(13)17/h2-6,8,12,18-19H,7H2,1H3. The average molecular weight is 346 g/mol. The van der Waals surface area contributed by atoms with Crippen molar-refractivity contribution in [2.24, 2.45) is 0 Å². The summed E-state index contributed by atoms with van der Waals surface area (Å²) in [4.78, 5) is 0. The predicted molar refractivity (Wildman–Crippen MR) is 74.1 cm³/mol. The van der Waals surface area contributed by atoms with Crippen LogP contribution < -0.4 is 5.32 Å². The van der Waals surface area contributed by atoms with Gasteiger partial charge in [0, 0.05) is 6.54 Å². The highest BCUT2D eigenvalue weighted by Gasteiger charge is 2.19. The van der Waals surface area contributed by atoms with Crippen LogP contribution in [0.15, 0.2) is 39.4 Å². The molecule has 0 aliphatic heterocycles. The Labute approximate surface area is 123 Å². The van der Waals surface area contributed by atoms with Gasteiger partial charge >= 0.3 is 0 Å². The average Bonchev–Trinajstić information content (AvgIpc) is 2.82. The summed E-state index contributed by atoms with van der Waals surface area (Å²) in [5, 5.41) is 12.9. The van der Waals surface area contributed by atoms with Crippen LogP contribution in [0.5, 0.6) is 0 Å². The summed E-state index contributed by atoms with van der Waals surface area (Å²) >= 11 is 3.33. The molecule has 3 nitrogen and oxygen atoms in total. The maximum atomic E-state index is 13.5. The van der Waals surface area contributed by atoms with Gasteiger partial charge in [-0.3, -0.25) is 0 Å². The van der Waals surface area contributed by atoms with Gasteiger partial charge in [-0.05, 0) is 41.1 Å². The molecule has 0 spiro atoms. The van der Waals surface area contributed by atoms with Crippen LogP contribution in [0.25, 0.3) is 0 Å². The molecule has 0 fully saturated rings. The zero-order valence-electron chi connectivity index (χ0n) is 10.7. The van der Waals surface area contributed by atoms with Gasteiger partial charge in [0.05, 0.1) is 28.4 Å². The first-order chi connectivity index (χ1) is 9.50. The third-order valence-electron chi connectivity index (χ3n) is 2.99. The van der Waals surface area contributed by atoms with Crippen molar-refractivity contribution in [3.8, 4) is 0 Å². The maximum Gasteiger partial charge on any atom is 0.134 e. The topological polar surface area (TPSA) is 45.4 Å². The summed E-state index contributed by atoms with van der Waals surface area (Å²) in [5.74, 6) is -0.858. The zero-order valence-corrected chi connectivity index (χ0v) is 12.3. The summed E-state index contributed by atoms with van der Waals surface area (Å²) in [7, 11) is 0. The van der Waals surface area contributed by atoms with E-state index in [-0.39, 0.29) is 18.2 Å². The molecule has 2 atom stereocenters. The fourth-order valence-corrected chi connectivity index (χ4v) is 2.47. The van der Waals surface area contributed by atoms with E-state index in [1.54, 1.807) is 6.07 Å². The fourth-order valence-electron chi connectivity index (χ4n) is 1.93. The maximum absolute atomic E-state index is 13.5. The lowest BCUT2D eigenvalue weighted by atomic mass is 10.1. The molecule has 2 unspecified atom stereocenters. The molecular weight excluding hydrogens is 332 g/mol. The molecule has 0 saturated carbocycles. The van der Waals surface area contributed by atoms with Crippen LogP contribution in [0.2, 0.25) is 0 Å². The normalized spacial score (nSPS) is 14.2. The summed E-state index contributed by atoms with van der Waals surface area (Å²) in [5.41, 5.74) is -0.328. The molecule has 1 aromatic carbocycles. The van der Waals surface area contributed by atoms with Gasteiger partial charge in [0.15, 0.2) is 0 Å². The SMILES string of the molecule is CC(NCC(O)c1c(F)cccc1F)c1occc1Br. The highest BCUT2D eigenvalue weighted by atomic mass is 79.9. The van der Waals surface area contributed by atoms with Crippen LogP contribution in [0.4, 0.5) is 8.78 Å². The Morgan fingerprint density at radius 2 is 1.95 bits per heavy atom. The second kappa shape index (κ2) is 6.47. The summed E-state index contributed by atoms with van der Waals surface area (Å²) in [6, 6.07) is 5.04. The fraction of sp³-hybridized carbons (Fsp3) is 0.286. The third-order valence-corrected chi connectivity index (χ3v) is 3.64. The van der Waals surface area contributed by atoms with Crippen molar-refractivity contribution in [3.63, 3.8) is 0 Å². The van der Waals surface area contributed by atoms with Crippen LogP contribution >= 0.6 is 15.9 Å². The first-order valence-corrected chi connectivity index (χ1v) is 6.88. The number of rotatable bonds is 5. The van der Waals surface area contributed by atoms with E-state index < -0.39 is 17.7 Å². The van der Waals surface area contributed by atoms with E-state index in [2.05, 4.69) is 21.2 Å². The van der Waals surface area contributed by atoms with E-state index in [4.69, 9.17) is 4.42 Å². The number of aliphatic hydroxyl groups is 1. The number of hydrogen-bond donors (Lipinski definition) is 2. The number of halogens is 3. The molecule has 0 aliphatic rings. The molecular formula is C14H14BrF2NO2. The zero-order chi connectivity index (χ0) is 14.7. The van der Waals surface area contributed by atoms with Gasteiger partial charge in [-0.1, -0.05) is 6.07 Å². The molecule has 0 bridgehead atoms. The minimum Gasteiger partial charge on any atom is -0.466 e. The second-order valence-electron chi connectivity index (χ2n) is 4.41. The van der Waals surface area contributed by atoms with Crippen LogP contribution in [-0.4, -0.2) is 11.7 Å². The molecule has 1 aromatic heterocycles. The van der Waals surface area contributed by atoms with E-state index in [1.807, 2.05) is 6.92 Å². The van der Waals surface area contributed by atoms with Crippen molar-refractivity contribution in [1.29, 1.82) is 0 Å². The molecule has 2 N–H and O–H groups in total. The molecule has 1 heterocycles. The van der Waals surface area contributed by atoms with Gasteiger partial charge in [0.25, 0.3) is 0 Å². The smallest absolute Gasteiger partial charge is 0.134 e. The van der Waals surface area contributed by atoms with Crippen LogP contribution in [0.3, 0.4) is 0 Å². The van der Waals surface area contributed by atoms with Crippen LogP contribution in [-0.2, 0) is 0 Å². The van der Waals surface area contributed by atoms with E-state index >= 15 is 0 Å². The van der Waals surface area contributed by atoms with Gasteiger partial charge in [-0.25, -0.2) is 8.78 Å². The molecule has 2 aromatic rings. The molecule has 20 heavy (non-hydrogen) atoms. The summed E-state index contributed by atoms with van der Waals surface area (Å²) in [6.07, 6.45) is 0.261. The minimum absolute atomic E-state index is 0.00611. The van der Waals surface area contributed by atoms with Crippen molar-refractivity contribution in [2.75, 3.05) is 6.54 Å². The third kappa shape index (κ3) is 3.26. The quantitative estimate of drug-likeness (QED) is 0.868. The Morgan fingerprint density at radius 1 is 1.30 bits per heavy atom. The summed E-state index contributed by atoms with van der Waals surface area (Å²) in [6.45, 7) is 1.83. The monoisotopic (exact) mass is 345 g/mol. The number of hydrogen-bond acceptors (Lipinski definition) is 3. The Hall–Kier alpha value is -1.24. The molecule has 0 saturated heterocycles. The predicted octanol–water partition coefficient (Wildman–Crippen LogP) is 3.70. The molecule has 0 radical (unpaired) electrons. The van der Waals surface area contributed by atoms with Gasteiger partial charge in [-0.15, -0.1) is 0 Å². The Bertz CT molecular complexity index is 568. The molecule has 0 amide bonds. The van der Waals surface area contributed by atoms with E-state index in [9.17, 15) is 13.9 Å². The molecule has 0 aliphatic carbocycles. The van der Waals surface area contributed by atoms with Crippen LogP contribution in [0.1, 0.15) is 30.4 Å². The Kier molecular flexibility index (Phi) is 4.91. The van der Waals surface area contributed by atoms with Crippen molar-refractivity contribution >= 4 is 15.9 Å². The second-order valence-corrected chi connectivity index (χ2v) is 5.27. The highest BCUT2D eigenvalue weighted by molar-refractivity contribution is 9.10. The van der Waals surface area contributed by atoms with Gasteiger partial charge < -0.3 is 14.8 Å². The minimum atomic E-state index is -1.27. The van der Waals surface area contributed by atoms with E-state index in [0.29, 0.717) is 5.76 Å². The van der Waals surface area contributed by atoms with Gasteiger partial charge in [0.1, 0.15) is 17.4 Å². The summed E-state index contributed by atoms with van der Waals surface area (Å²) < 4.78 is 33.1. The van der Waals surface area contributed by atoms with E-state index in [0.717, 1.165) is 16.6 Å². The lowest BCUT2D eigenvalue weighted by molar-refractivity contribution is 0.159. The largest absolute Gasteiger partial charge is 0.466 e. The van der Waals surface area contributed by atoms with Crippen LogP contribution in [0, 0.1) is 11.6 Å². The Balaban J connectivity index is 2.02. The number of nitrogens with one attached hydrogen (secondary N) is 1. The number of furan rings is 1. The lowest BCUT2D eigenvalue weighted by Gasteiger charge is -2.17. The highest BCUT2D eigenvalue weighted by Crippen LogP contribution is 2.25. The Morgan fingerprint density at radius 3 is 2.50 bits per heavy atom. The van der Waals surface area contributed by atoms with Crippen molar-refractivity contribution in [2.45, 2.75) is 19.1 Å². The first-order valence-electron chi connectivity index (χ1n) is 6.09.